The third-order valence-electron chi connectivity index (χ3n) is 2.99. The standard InChI is InChI=1S/C10H17N3O3/c1-8(14)12(7-9(15)11-2)13(3)6-4-5-10(13)16/h4-7H2,1-3H3/p+1. The first-order chi connectivity index (χ1) is 7.41. The number of nitrogens with zero attached hydrogens (tertiary/aromatic N) is 2. The lowest BCUT2D eigenvalue weighted by atomic mass is 10.4. The number of rotatable bonds is 3. The second-order valence-corrected chi connectivity index (χ2v) is 4.11. The molecule has 0 aromatic rings. The molecule has 1 aliphatic rings. The molecule has 1 fully saturated rings. The van der Waals surface area contributed by atoms with Gasteiger partial charge in [0.05, 0.1) is 13.5 Å². The van der Waals surface area contributed by atoms with Gasteiger partial charge in [0.2, 0.25) is 5.91 Å². The molecule has 1 aliphatic heterocycles. The van der Waals surface area contributed by atoms with Crippen LogP contribution in [0.15, 0.2) is 0 Å². The van der Waals surface area contributed by atoms with Crippen LogP contribution in [0.25, 0.3) is 0 Å². The van der Waals surface area contributed by atoms with Gasteiger partial charge in [-0.1, -0.05) is 0 Å². The highest BCUT2D eigenvalue weighted by atomic mass is 16.2. The zero-order chi connectivity index (χ0) is 12.3. The Balaban J connectivity index is 2.89. The van der Waals surface area contributed by atoms with Gasteiger partial charge in [-0.05, 0) is 0 Å². The molecule has 0 saturated carbocycles. The van der Waals surface area contributed by atoms with Crippen LogP contribution in [-0.4, -0.2) is 54.5 Å². The van der Waals surface area contributed by atoms with E-state index in [4.69, 9.17) is 0 Å². The molecule has 0 aliphatic carbocycles. The maximum atomic E-state index is 11.8. The minimum Gasteiger partial charge on any atom is -0.357 e. The molecule has 1 heterocycles. The van der Waals surface area contributed by atoms with Gasteiger partial charge in [-0.2, -0.15) is 9.60 Å². The molecule has 1 atom stereocenters. The number of likely N-dealkylation sites (N-methyl/N-ethyl adjacent to an activating group) is 1. The Morgan fingerprint density at radius 2 is 2.12 bits per heavy atom. The van der Waals surface area contributed by atoms with E-state index in [0.29, 0.717) is 13.0 Å². The van der Waals surface area contributed by atoms with E-state index in [0.717, 1.165) is 6.42 Å². The van der Waals surface area contributed by atoms with Gasteiger partial charge in [0.1, 0.15) is 6.54 Å². The Morgan fingerprint density at radius 3 is 2.50 bits per heavy atom. The molecule has 1 unspecified atom stereocenters. The molecule has 1 N–H and O–H groups in total. The summed E-state index contributed by atoms with van der Waals surface area (Å²) in [5.41, 5.74) is 0. The Morgan fingerprint density at radius 1 is 1.50 bits per heavy atom. The minimum atomic E-state index is -0.269. The van der Waals surface area contributed by atoms with Crippen molar-refractivity contribution in [2.45, 2.75) is 19.8 Å². The van der Waals surface area contributed by atoms with Crippen LogP contribution in [0.1, 0.15) is 19.8 Å². The molecular weight excluding hydrogens is 210 g/mol. The second kappa shape index (κ2) is 4.61. The minimum absolute atomic E-state index is 0.0147. The molecule has 1 rings (SSSR count). The number of amides is 3. The van der Waals surface area contributed by atoms with Crippen LogP contribution in [-0.2, 0) is 14.4 Å². The summed E-state index contributed by atoms with van der Waals surface area (Å²) in [6, 6.07) is 0. The predicted molar refractivity (Wildman–Crippen MR) is 56.7 cm³/mol. The molecule has 0 aromatic carbocycles. The van der Waals surface area contributed by atoms with Gasteiger partial charge in [-0.25, -0.2) is 4.79 Å². The van der Waals surface area contributed by atoms with E-state index in [1.165, 1.54) is 19.0 Å². The number of hydrogen-bond acceptors (Lipinski definition) is 3. The Bertz CT molecular complexity index is 329. The quantitative estimate of drug-likeness (QED) is 0.647. The lowest BCUT2D eigenvalue weighted by Crippen LogP contribution is -2.62. The van der Waals surface area contributed by atoms with Gasteiger partial charge in [0, 0.05) is 20.4 Å². The van der Waals surface area contributed by atoms with Crippen molar-refractivity contribution in [3.63, 3.8) is 0 Å². The summed E-state index contributed by atoms with van der Waals surface area (Å²) in [6.45, 7) is 1.88. The number of carbonyl (C=O) groups excluding carboxylic acids is 3. The fourth-order valence-corrected chi connectivity index (χ4v) is 1.95. The molecule has 90 valence electrons. The molecule has 0 radical (unpaired) electrons. The van der Waals surface area contributed by atoms with Crippen molar-refractivity contribution >= 4 is 17.7 Å². The van der Waals surface area contributed by atoms with Crippen molar-refractivity contribution in [1.29, 1.82) is 0 Å². The maximum absolute atomic E-state index is 11.8. The average molecular weight is 228 g/mol. The molecule has 0 spiro atoms. The summed E-state index contributed by atoms with van der Waals surface area (Å²) < 4.78 is -0.0806. The Labute approximate surface area is 94.8 Å². The topological polar surface area (TPSA) is 66.5 Å². The highest BCUT2D eigenvalue weighted by Gasteiger charge is 2.45. The van der Waals surface area contributed by atoms with Gasteiger partial charge in [-0.3, -0.25) is 9.59 Å². The van der Waals surface area contributed by atoms with E-state index < -0.39 is 0 Å². The second-order valence-electron chi connectivity index (χ2n) is 4.11. The molecule has 6 nitrogen and oxygen atoms in total. The lowest BCUT2D eigenvalue weighted by Gasteiger charge is -2.35. The highest BCUT2D eigenvalue weighted by molar-refractivity contribution is 5.84. The molecule has 0 bridgehead atoms. The first-order valence-electron chi connectivity index (χ1n) is 5.30. The number of nitrogens with one attached hydrogen (secondary N) is 1. The zero-order valence-electron chi connectivity index (χ0n) is 9.95. The summed E-state index contributed by atoms with van der Waals surface area (Å²) in [5, 5.41) is 3.77. The van der Waals surface area contributed by atoms with Gasteiger partial charge in [-0.15, -0.1) is 0 Å². The Hall–Kier alpha value is -1.43. The van der Waals surface area contributed by atoms with Crippen LogP contribution in [0, 0.1) is 0 Å². The van der Waals surface area contributed by atoms with E-state index in [1.54, 1.807) is 7.05 Å². The maximum Gasteiger partial charge on any atom is 0.338 e. The van der Waals surface area contributed by atoms with Crippen LogP contribution in [0.4, 0.5) is 0 Å². The van der Waals surface area contributed by atoms with Crippen molar-refractivity contribution in [3.05, 3.63) is 0 Å². The normalized spacial score (nSPS) is 24.3. The van der Waals surface area contributed by atoms with Crippen molar-refractivity contribution in [3.8, 4) is 0 Å². The van der Waals surface area contributed by atoms with Crippen molar-refractivity contribution in [2.24, 2.45) is 0 Å². The number of hydrogen-bond donors (Lipinski definition) is 1. The molecule has 6 heteroatoms. The van der Waals surface area contributed by atoms with Crippen molar-refractivity contribution in [2.75, 3.05) is 27.2 Å². The SMILES string of the molecule is CNC(=O)CN(C(C)=O)[N+]1(C)CCCC1=O. The van der Waals surface area contributed by atoms with Crippen LogP contribution in [0.5, 0.6) is 0 Å². The first-order valence-corrected chi connectivity index (χ1v) is 5.30. The predicted octanol–water partition coefficient (Wildman–Crippen LogP) is -0.737. The summed E-state index contributed by atoms with van der Waals surface area (Å²) in [5.74, 6) is -0.547. The van der Waals surface area contributed by atoms with Crippen LogP contribution >= 0.6 is 0 Å². The van der Waals surface area contributed by atoms with Gasteiger partial charge >= 0.3 is 5.91 Å². The van der Waals surface area contributed by atoms with E-state index in [9.17, 15) is 14.4 Å². The molecule has 16 heavy (non-hydrogen) atoms. The summed E-state index contributed by atoms with van der Waals surface area (Å²) in [6.07, 6.45) is 1.22. The first kappa shape index (κ1) is 12.6. The molecule has 3 amide bonds. The van der Waals surface area contributed by atoms with Gasteiger partial charge in [0.15, 0.2) is 6.54 Å². The number of likely N-dealkylation sites (tertiary alicyclic amines) is 1. The van der Waals surface area contributed by atoms with E-state index in [1.807, 2.05) is 0 Å². The van der Waals surface area contributed by atoms with Crippen LogP contribution in [0.3, 0.4) is 0 Å². The van der Waals surface area contributed by atoms with E-state index in [-0.39, 0.29) is 28.9 Å². The summed E-state index contributed by atoms with van der Waals surface area (Å²) in [7, 11) is 3.19. The molecule has 1 saturated heterocycles. The van der Waals surface area contributed by atoms with Crippen LogP contribution in [0.2, 0.25) is 0 Å². The van der Waals surface area contributed by atoms with Crippen molar-refractivity contribution in [1.82, 2.24) is 10.3 Å². The van der Waals surface area contributed by atoms with Crippen LogP contribution < -0.4 is 5.32 Å². The summed E-state index contributed by atoms with van der Waals surface area (Å²) >= 11 is 0. The zero-order valence-corrected chi connectivity index (χ0v) is 9.95. The third kappa shape index (κ3) is 2.21. The van der Waals surface area contributed by atoms with E-state index >= 15 is 0 Å². The largest absolute Gasteiger partial charge is 0.357 e. The highest BCUT2D eigenvalue weighted by Crippen LogP contribution is 2.21. The lowest BCUT2D eigenvalue weighted by molar-refractivity contribution is -0.930. The molecule has 0 aromatic heterocycles. The fourth-order valence-electron chi connectivity index (χ4n) is 1.95. The monoisotopic (exact) mass is 228 g/mol. The van der Waals surface area contributed by atoms with Crippen molar-refractivity contribution < 1.29 is 19.0 Å². The van der Waals surface area contributed by atoms with E-state index in [2.05, 4.69) is 5.32 Å². The van der Waals surface area contributed by atoms with Gasteiger partial charge in [0.25, 0.3) is 5.91 Å². The third-order valence-corrected chi connectivity index (χ3v) is 2.99. The number of carbonyl (C=O) groups is 3. The fraction of sp³-hybridized carbons (Fsp3) is 0.700. The Kier molecular flexibility index (Phi) is 3.64. The molecular formula is C10H18N3O3+. The number of quaternary nitrogens is 1. The summed E-state index contributed by atoms with van der Waals surface area (Å²) in [4.78, 5) is 34.6. The smallest absolute Gasteiger partial charge is 0.338 e. The van der Waals surface area contributed by atoms with Gasteiger partial charge < -0.3 is 5.32 Å². The average Bonchev–Trinajstić information content (AvgIpc) is 2.55.